The van der Waals surface area contributed by atoms with Crippen LogP contribution in [0, 0.1) is 0 Å². The minimum absolute atomic E-state index is 0.160. The molecule has 0 bridgehead atoms. The van der Waals surface area contributed by atoms with E-state index in [1.165, 1.54) is 19.3 Å². The van der Waals surface area contributed by atoms with Crippen molar-refractivity contribution >= 4 is 27.7 Å². The van der Waals surface area contributed by atoms with E-state index in [0.717, 1.165) is 66.5 Å². The number of halogens is 1. The number of hydrogen-bond donors (Lipinski definition) is 1. The second-order valence-electron chi connectivity index (χ2n) is 7.89. The van der Waals surface area contributed by atoms with Gasteiger partial charge in [0.05, 0.1) is 6.61 Å². The Kier molecular flexibility index (Phi) is 12.0. The summed E-state index contributed by atoms with van der Waals surface area (Å²) in [5.41, 5.74) is 1.89. The number of carboxylic acid groups (broad SMARTS) is 1. The van der Waals surface area contributed by atoms with Gasteiger partial charge in [-0.05, 0) is 49.1 Å². The number of aryl methyl sites for hydroxylation is 1. The average Bonchev–Trinajstić information content (AvgIpc) is 2.77. The lowest BCUT2D eigenvalue weighted by Crippen LogP contribution is -2.01. The summed E-state index contributed by atoms with van der Waals surface area (Å²) in [4.78, 5) is 22.7. The maximum absolute atomic E-state index is 12.3. The molecule has 0 saturated carbocycles. The third-order valence-corrected chi connectivity index (χ3v) is 5.81. The van der Waals surface area contributed by atoms with E-state index < -0.39 is 5.97 Å². The van der Waals surface area contributed by atoms with Crippen molar-refractivity contribution in [3.63, 3.8) is 0 Å². The minimum atomic E-state index is -0.693. The van der Waals surface area contributed by atoms with Crippen LogP contribution in [0.4, 0.5) is 0 Å². The zero-order valence-corrected chi connectivity index (χ0v) is 19.7. The van der Waals surface area contributed by atoms with Crippen LogP contribution in [0.3, 0.4) is 0 Å². The van der Waals surface area contributed by atoms with Crippen molar-refractivity contribution in [1.29, 1.82) is 0 Å². The number of unbranched alkanes of at least 4 members (excludes halogenated alkanes) is 7. The molecule has 0 aliphatic rings. The highest BCUT2D eigenvalue weighted by molar-refractivity contribution is 9.10. The zero-order chi connectivity index (χ0) is 22.3. The van der Waals surface area contributed by atoms with E-state index in [9.17, 15) is 9.59 Å². The third-order valence-electron chi connectivity index (χ3n) is 5.28. The van der Waals surface area contributed by atoms with Crippen molar-refractivity contribution in [3.05, 3.63) is 64.1 Å². The molecule has 2 rings (SSSR count). The monoisotopic (exact) mass is 488 g/mol. The maximum Gasteiger partial charge on any atom is 0.303 e. The van der Waals surface area contributed by atoms with Gasteiger partial charge in [0.2, 0.25) is 0 Å². The molecule has 0 unspecified atom stereocenters. The molecule has 0 aliphatic heterocycles. The lowest BCUT2D eigenvalue weighted by molar-refractivity contribution is -0.137. The van der Waals surface area contributed by atoms with E-state index in [1.54, 1.807) is 0 Å². The van der Waals surface area contributed by atoms with Gasteiger partial charge in [0.1, 0.15) is 5.75 Å². The first-order valence-corrected chi connectivity index (χ1v) is 12.1. The molecule has 0 fully saturated rings. The van der Waals surface area contributed by atoms with Crippen molar-refractivity contribution in [3.8, 4) is 5.75 Å². The predicted molar refractivity (Wildman–Crippen MR) is 128 cm³/mol. The summed E-state index contributed by atoms with van der Waals surface area (Å²) in [5.74, 6) is 0.343. The number of carbonyl (C=O) groups is 2. The quantitative estimate of drug-likeness (QED) is 0.199. The molecule has 31 heavy (non-hydrogen) atoms. The predicted octanol–water partition coefficient (Wildman–Crippen LogP) is 7.24. The van der Waals surface area contributed by atoms with E-state index in [1.807, 2.05) is 48.5 Å². The van der Waals surface area contributed by atoms with Crippen molar-refractivity contribution in [1.82, 2.24) is 0 Å². The molecule has 0 atom stereocenters. The summed E-state index contributed by atoms with van der Waals surface area (Å²) in [6.07, 6.45) is 10.3. The number of hydrogen-bond acceptors (Lipinski definition) is 3. The van der Waals surface area contributed by atoms with Crippen LogP contribution in [0.2, 0.25) is 0 Å². The SMILES string of the molecule is O=C(O)CCCCCCCCCCOc1ccc(CCC(=O)c2ccc(Br)cc2)cc1. The number of rotatable bonds is 16. The summed E-state index contributed by atoms with van der Waals surface area (Å²) in [6.45, 7) is 0.722. The number of carboxylic acids is 1. The van der Waals surface area contributed by atoms with E-state index in [2.05, 4.69) is 15.9 Å². The fourth-order valence-electron chi connectivity index (χ4n) is 3.42. The molecule has 2 aromatic rings. The molecular weight excluding hydrogens is 456 g/mol. The van der Waals surface area contributed by atoms with Gasteiger partial charge in [0.15, 0.2) is 5.78 Å². The number of ether oxygens (including phenoxy) is 1. The Morgan fingerprint density at radius 2 is 1.32 bits per heavy atom. The van der Waals surface area contributed by atoms with Crippen LogP contribution >= 0.6 is 15.9 Å². The summed E-state index contributed by atoms with van der Waals surface area (Å²) >= 11 is 3.39. The van der Waals surface area contributed by atoms with Gasteiger partial charge in [0, 0.05) is 22.9 Å². The molecule has 168 valence electrons. The molecule has 0 radical (unpaired) electrons. The second kappa shape index (κ2) is 14.8. The van der Waals surface area contributed by atoms with Gasteiger partial charge >= 0.3 is 5.97 Å². The Balaban J connectivity index is 1.52. The van der Waals surface area contributed by atoms with Gasteiger partial charge in [-0.3, -0.25) is 9.59 Å². The van der Waals surface area contributed by atoms with Gasteiger partial charge in [-0.15, -0.1) is 0 Å². The zero-order valence-electron chi connectivity index (χ0n) is 18.2. The first-order valence-electron chi connectivity index (χ1n) is 11.3. The number of ketones is 1. The van der Waals surface area contributed by atoms with E-state index in [4.69, 9.17) is 9.84 Å². The van der Waals surface area contributed by atoms with Crippen LogP contribution in [-0.2, 0) is 11.2 Å². The lowest BCUT2D eigenvalue weighted by atomic mass is 10.0. The molecule has 0 aromatic heterocycles. The molecule has 0 spiro atoms. The van der Waals surface area contributed by atoms with Crippen molar-refractivity contribution in [2.75, 3.05) is 6.61 Å². The van der Waals surface area contributed by atoms with E-state index in [0.29, 0.717) is 12.8 Å². The smallest absolute Gasteiger partial charge is 0.303 e. The molecule has 0 amide bonds. The molecule has 0 saturated heterocycles. The van der Waals surface area contributed by atoms with Crippen LogP contribution in [0.15, 0.2) is 53.0 Å². The number of benzene rings is 2. The lowest BCUT2D eigenvalue weighted by Gasteiger charge is -2.08. The van der Waals surface area contributed by atoms with Crippen LogP contribution in [0.5, 0.6) is 5.75 Å². The molecule has 2 aromatic carbocycles. The number of carbonyl (C=O) groups excluding carboxylic acids is 1. The molecular formula is C26H33BrO4. The van der Waals surface area contributed by atoms with E-state index in [-0.39, 0.29) is 5.78 Å². The fourth-order valence-corrected chi connectivity index (χ4v) is 3.68. The Bertz CT molecular complexity index is 784. The summed E-state index contributed by atoms with van der Waals surface area (Å²) < 4.78 is 6.80. The van der Waals surface area contributed by atoms with Crippen molar-refractivity contribution in [2.45, 2.75) is 70.6 Å². The molecule has 0 aliphatic carbocycles. The molecule has 5 heteroatoms. The highest BCUT2D eigenvalue weighted by Crippen LogP contribution is 2.17. The van der Waals surface area contributed by atoms with Gasteiger partial charge in [0.25, 0.3) is 0 Å². The second-order valence-corrected chi connectivity index (χ2v) is 8.81. The molecule has 4 nitrogen and oxygen atoms in total. The Morgan fingerprint density at radius 1 is 0.742 bits per heavy atom. The standard InChI is InChI=1S/C26H33BrO4/c27-23-15-13-22(14-16-23)25(28)19-12-21-10-17-24(18-11-21)31-20-8-6-4-2-1-3-5-7-9-26(29)30/h10-11,13-18H,1-9,12,19-20H2,(H,29,30). The van der Waals surface area contributed by atoms with E-state index >= 15 is 0 Å². The maximum atomic E-state index is 12.3. The summed E-state index contributed by atoms with van der Waals surface area (Å²) in [5, 5.41) is 8.60. The number of aliphatic carboxylic acids is 1. The third kappa shape index (κ3) is 11.2. The number of Topliss-reactive ketones (excluding diaryl/α,β-unsaturated/α-hetero) is 1. The Morgan fingerprint density at radius 3 is 1.94 bits per heavy atom. The summed E-state index contributed by atoms with van der Waals surface area (Å²) in [7, 11) is 0. The largest absolute Gasteiger partial charge is 0.494 e. The first-order chi connectivity index (χ1) is 15.0. The van der Waals surface area contributed by atoms with Gasteiger partial charge in [-0.1, -0.05) is 78.7 Å². The normalized spacial score (nSPS) is 10.7. The highest BCUT2D eigenvalue weighted by atomic mass is 79.9. The Hall–Kier alpha value is -2.14. The highest BCUT2D eigenvalue weighted by Gasteiger charge is 2.06. The van der Waals surface area contributed by atoms with Crippen LogP contribution in [-0.4, -0.2) is 23.5 Å². The minimum Gasteiger partial charge on any atom is -0.494 e. The van der Waals surface area contributed by atoms with Crippen molar-refractivity contribution in [2.24, 2.45) is 0 Å². The average molecular weight is 489 g/mol. The fraction of sp³-hybridized carbons (Fsp3) is 0.462. The first kappa shape index (κ1) is 25.1. The molecule has 0 heterocycles. The van der Waals surface area contributed by atoms with Gasteiger partial charge in [-0.2, -0.15) is 0 Å². The Labute approximate surface area is 194 Å². The topological polar surface area (TPSA) is 63.6 Å². The van der Waals surface area contributed by atoms with Gasteiger partial charge in [-0.25, -0.2) is 0 Å². The van der Waals surface area contributed by atoms with Crippen LogP contribution in [0.25, 0.3) is 0 Å². The van der Waals surface area contributed by atoms with Crippen LogP contribution < -0.4 is 4.74 Å². The summed E-state index contributed by atoms with van der Waals surface area (Å²) in [6, 6.07) is 15.5. The van der Waals surface area contributed by atoms with Crippen molar-refractivity contribution < 1.29 is 19.4 Å². The van der Waals surface area contributed by atoms with Crippen LogP contribution in [0.1, 0.15) is 80.1 Å². The molecule has 1 N–H and O–H groups in total. The van der Waals surface area contributed by atoms with Gasteiger partial charge < -0.3 is 9.84 Å².